The fourth-order valence-corrected chi connectivity index (χ4v) is 1.81. The molecule has 0 aliphatic carbocycles. The summed E-state index contributed by atoms with van der Waals surface area (Å²) in [6, 6.07) is 7.58. The van der Waals surface area contributed by atoms with Gasteiger partial charge in [-0.1, -0.05) is 13.8 Å². The highest BCUT2D eigenvalue weighted by molar-refractivity contribution is 5.68. The number of anilines is 1. The predicted molar refractivity (Wildman–Crippen MR) is 72.4 cm³/mol. The van der Waals surface area contributed by atoms with Crippen LogP contribution in [0.4, 0.5) is 5.69 Å². The summed E-state index contributed by atoms with van der Waals surface area (Å²) in [5, 5.41) is 8.52. The minimum Gasteiger partial charge on any atom is -0.482 e. The first-order valence-electron chi connectivity index (χ1n) is 6.37. The van der Waals surface area contributed by atoms with Crippen LogP contribution in [0.3, 0.4) is 0 Å². The summed E-state index contributed by atoms with van der Waals surface area (Å²) in [6.45, 7) is 6.08. The summed E-state index contributed by atoms with van der Waals surface area (Å²) in [4.78, 5) is 12.7. The molecule has 0 radical (unpaired) electrons. The maximum Gasteiger partial charge on any atom is 0.341 e. The highest BCUT2D eigenvalue weighted by atomic mass is 16.5. The van der Waals surface area contributed by atoms with E-state index in [1.807, 2.05) is 24.3 Å². The molecule has 0 spiro atoms. The van der Waals surface area contributed by atoms with E-state index < -0.39 is 5.97 Å². The van der Waals surface area contributed by atoms with Crippen molar-refractivity contribution < 1.29 is 14.6 Å². The van der Waals surface area contributed by atoms with Crippen molar-refractivity contribution in [3.63, 3.8) is 0 Å². The SMILES string of the molecule is CCCN(CCC)c1ccc(OCC(=O)O)cc1. The van der Waals surface area contributed by atoms with Crippen LogP contribution >= 0.6 is 0 Å². The Morgan fingerprint density at radius 1 is 1.17 bits per heavy atom. The first kappa shape index (κ1) is 14.4. The van der Waals surface area contributed by atoms with Crippen molar-refractivity contribution in [1.82, 2.24) is 0 Å². The molecule has 0 aliphatic heterocycles. The van der Waals surface area contributed by atoms with Gasteiger partial charge in [-0.05, 0) is 37.1 Å². The van der Waals surface area contributed by atoms with Crippen LogP contribution in [0.15, 0.2) is 24.3 Å². The fourth-order valence-electron chi connectivity index (χ4n) is 1.81. The van der Waals surface area contributed by atoms with E-state index in [2.05, 4.69) is 18.7 Å². The van der Waals surface area contributed by atoms with Gasteiger partial charge in [-0.3, -0.25) is 0 Å². The van der Waals surface area contributed by atoms with Gasteiger partial charge < -0.3 is 14.7 Å². The third kappa shape index (κ3) is 4.65. The minimum atomic E-state index is -0.960. The largest absolute Gasteiger partial charge is 0.482 e. The number of carbonyl (C=O) groups is 1. The molecule has 0 fully saturated rings. The lowest BCUT2D eigenvalue weighted by Crippen LogP contribution is -2.24. The Bertz CT molecular complexity index is 356. The third-order valence-corrected chi connectivity index (χ3v) is 2.55. The van der Waals surface area contributed by atoms with Gasteiger partial charge >= 0.3 is 5.97 Å². The molecule has 1 aromatic rings. The van der Waals surface area contributed by atoms with Gasteiger partial charge in [0.15, 0.2) is 6.61 Å². The molecule has 0 unspecified atom stereocenters. The average Bonchev–Trinajstić information content (AvgIpc) is 2.37. The van der Waals surface area contributed by atoms with Crippen LogP contribution in [0, 0.1) is 0 Å². The van der Waals surface area contributed by atoms with Crippen LogP contribution in [0.1, 0.15) is 26.7 Å². The zero-order valence-corrected chi connectivity index (χ0v) is 11.1. The predicted octanol–water partition coefficient (Wildman–Crippen LogP) is 2.78. The highest BCUT2D eigenvalue weighted by Gasteiger charge is 2.05. The molecule has 0 saturated carbocycles. The van der Waals surface area contributed by atoms with Gasteiger partial charge in [-0.15, -0.1) is 0 Å². The summed E-state index contributed by atoms with van der Waals surface area (Å²) in [5.41, 5.74) is 1.15. The van der Waals surface area contributed by atoms with Gasteiger partial charge in [-0.25, -0.2) is 4.79 Å². The molecule has 1 rings (SSSR count). The van der Waals surface area contributed by atoms with Crippen molar-refractivity contribution in [2.45, 2.75) is 26.7 Å². The molecule has 4 nitrogen and oxygen atoms in total. The number of ether oxygens (including phenoxy) is 1. The Morgan fingerprint density at radius 3 is 2.17 bits per heavy atom. The van der Waals surface area contributed by atoms with Crippen LogP contribution < -0.4 is 9.64 Å². The lowest BCUT2D eigenvalue weighted by molar-refractivity contribution is -0.139. The minimum absolute atomic E-state index is 0.299. The third-order valence-electron chi connectivity index (χ3n) is 2.55. The van der Waals surface area contributed by atoms with E-state index in [1.165, 1.54) is 0 Å². The first-order valence-corrected chi connectivity index (χ1v) is 6.37. The van der Waals surface area contributed by atoms with Crippen molar-refractivity contribution in [3.05, 3.63) is 24.3 Å². The number of hydrogen-bond acceptors (Lipinski definition) is 3. The Balaban J connectivity index is 2.64. The standard InChI is InChI=1S/C14H21NO3/c1-3-9-15(10-4-2)12-5-7-13(8-6-12)18-11-14(16)17/h5-8H,3-4,9-11H2,1-2H3,(H,16,17). The zero-order valence-electron chi connectivity index (χ0n) is 11.1. The van der Waals surface area contributed by atoms with Crippen molar-refractivity contribution in [3.8, 4) is 5.75 Å². The van der Waals surface area contributed by atoms with E-state index in [0.717, 1.165) is 31.6 Å². The number of carboxylic acid groups (broad SMARTS) is 1. The molecule has 0 bridgehead atoms. The summed E-state index contributed by atoms with van der Waals surface area (Å²) in [6.07, 6.45) is 2.22. The number of rotatable bonds is 8. The number of carboxylic acids is 1. The van der Waals surface area contributed by atoms with E-state index in [-0.39, 0.29) is 6.61 Å². The van der Waals surface area contributed by atoms with Gasteiger partial charge in [0.1, 0.15) is 5.75 Å². The summed E-state index contributed by atoms with van der Waals surface area (Å²) in [5.74, 6) is -0.369. The smallest absolute Gasteiger partial charge is 0.341 e. The monoisotopic (exact) mass is 251 g/mol. The van der Waals surface area contributed by atoms with Crippen molar-refractivity contribution in [2.75, 3.05) is 24.6 Å². The second-order valence-corrected chi connectivity index (χ2v) is 4.16. The van der Waals surface area contributed by atoms with Crippen LogP contribution in [0.5, 0.6) is 5.75 Å². The average molecular weight is 251 g/mol. The quantitative estimate of drug-likeness (QED) is 0.772. The second-order valence-electron chi connectivity index (χ2n) is 4.16. The zero-order chi connectivity index (χ0) is 13.4. The number of benzene rings is 1. The van der Waals surface area contributed by atoms with E-state index in [1.54, 1.807) is 0 Å². The van der Waals surface area contributed by atoms with E-state index in [4.69, 9.17) is 9.84 Å². The molecule has 0 aromatic heterocycles. The molecule has 0 heterocycles. The van der Waals surface area contributed by atoms with Gasteiger partial charge in [-0.2, -0.15) is 0 Å². The van der Waals surface area contributed by atoms with E-state index in [9.17, 15) is 4.79 Å². The molecule has 0 amide bonds. The molecule has 1 aromatic carbocycles. The van der Waals surface area contributed by atoms with Gasteiger partial charge in [0.2, 0.25) is 0 Å². The fraction of sp³-hybridized carbons (Fsp3) is 0.500. The van der Waals surface area contributed by atoms with E-state index in [0.29, 0.717) is 5.75 Å². The van der Waals surface area contributed by atoms with Crippen molar-refractivity contribution in [1.29, 1.82) is 0 Å². The molecular weight excluding hydrogens is 230 g/mol. The highest BCUT2D eigenvalue weighted by Crippen LogP contribution is 2.20. The lowest BCUT2D eigenvalue weighted by Gasteiger charge is -2.23. The molecular formula is C14H21NO3. The van der Waals surface area contributed by atoms with Crippen LogP contribution in [0.25, 0.3) is 0 Å². The molecule has 18 heavy (non-hydrogen) atoms. The summed E-state index contributed by atoms with van der Waals surface area (Å²) < 4.78 is 5.10. The summed E-state index contributed by atoms with van der Waals surface area (Å²) >= 11 is 0. The number of hydrogen-bond donors (Lipinski definition) is 1. The first-order chi connectivity index (χ1) is 8.67. The molecule has 0 saturated heterocycles. The van der Waals surface area contributed by atoms with Gasteiger partial charge in [0.05, 0.1) is 0 Å². The van der Waals surface area contributed by atoms with E-state index >= 15 is 0 Å². The second kappa shape index (κ2) is 7.58. The van der Waals surface area contributed by atoms with Crippen LogP contribution in [0.2, 0.25) is 0 Å². The van der Waals surface area contributed by atoms with Crippen molar-refractivity contribution in [2.24, 2.45) is 0 Å². The lowest BCUT2D eigenvalue weighted by atomic mass is 10.2. The van der Waals surface area contributed by atoms with Gasteiger partial charge in [0.25, 0.3) is 0 Å². The Morgan fingerprint density at radius 2 is 1.72 bits per heavy atom. The number of nitrogens with zero attached hydrogens (tertiary/aromatic N) is 1. The number of aliphatic carboxylic acids is 1. The maximum atomic E-state index is 10.4. The topological polar surface area (TPSA) is 49.8 Å². The summed E-state index contributed by atoms with van der Waals surface area (Å²) in [7, 11) is 0. The Labute approximate surface area is 108 Å². The van der Waals surface area contributed by atoms with Gasteiger partial charge in [0, 0.05) is 18.8 Å². The van der Waals surface area contributed by atoms with Crippen molar-refractivity contribution >= 4 is 11.7 Å². The van der Waals surface area contributed by atoms with Crippen LogP contribution in [-0.2, 0) is 4.79 Å². The normalized spacial score (nSPS) is 10.1. The maximum absolute atomic E-state index is 10.4. The molecule has 0 aliphatic rings. The molecule has 0 atom stereocenters. The Kier molecular flexibility index (Phi) is 6.05. The Hall–Kier alpha value is -1.71. The van der Waals surface area contributed by atoms with Crippen LogP contribution in [-0.4, -0.2) is 30.8 Å². The molecule has 4 heteroatoms. The molecule has 1 N–H and O–H groups in total. The molecule has 100 valence electrons.